The highest BCUT2D eigenvalue weighted by Crippen LogP contribution is 2.20. The third-order valence-corrected chi connectivity index (χ3v) is 6.42. The third-order valence-electron chi connectivity index (χ3n) is 6.42. The molecule has 0 unspecified atom stereocenters. The average Bonchev–Trinajstić information content (AvgIpc) is 3.24. The summed E-state index contributed by atoms with van der Waals surface area (Å²) in [6.45, 7) is 8.81. The van der Waals surface area contributed by atoms with Crippen molar-refractivity contribution in [2.45, 2.75) is 79.1 Å². The van der Waals surface area contributed by atoms with E-state index in [1.165, 1.54) is 84.7 Å². The van der Waals surface area contributed by atoms with Crippen LogP contribution >= 0.6 is 0 Å². The molecule has 7 rings (SSSR count). The van der Waals surface area contributed by atoms with E-state index in [1.807, 2.05) is 0 Å². The fourth-order valence-corrected chi connectivity index (χ4v) is 4.51. The summed E-state index contributed by atoms with van der Waals surface area (Å²) in [6, 6.07) is 22.3. The first-order valence-electron chi connectivity index (χ1n) is 11.8. The zero-order valence-corrected chi connectivity index (χ0v) is 19.4. The summed E-state index contributed by atoms with van der Waals surface area (Å²) in [4.78, 5) is 0. The summed E-state index contributed by atoms with van der Waals surface area (Å²) in [6.07, 6.45) is 10.2. The molecule has 0 amide bonds. The Morgan fingerprint density at radius 2 is 1.13 bits per heavy atom. The zero-order valence-electron chi connectivity index (χ0n) is 19.4. The second-order valence-electron chi connectivity index (χ2n) is 8.91. The van der Waals surface area contributed by atoms with E-state index in [9.17, 15) is 0 Å². The molecule has 4 aliphatic rings. The van der Waals surface area contributed by atoms with Gasteiger partial charge in [0.25, 0.3) is 0 Å². The highest BCUT2D eigenvalue weighted by Gasteiger charge is 2.06. The maximum Gasteiger partial charge on any atom is -0.0273 e. The van der Waals surface area contributed by atoms with Crippen LogP contribution in [0.4, 0.5) is 0 Å². The van der Waals surface area contributed by atoms with E-state index in [2.05, 4.69) is 88.4 Å². The maximum absolute atomic E-state index is 2.32. The molecule has 0 N–H and O–H groups in total. The minimum absolute atomic E-state index is 1.21. The predicted octanol–water partition coefficient (Wildman–Crippen LogP) is 7.91. The smallest absolute Gasteiger partial charge is 0.0273 e. The van der Waals surface area contributed by atoms with Crippen LogP contribution in [0, 0.1) is 20.8 Å². The average molecular weight is 399 g/mol. The maximum atomic E-state index is 2.32. The van der Waals surface area contributed by atoms with Gasteiger partial charge in [-0.3, -0.25) is 0 Å². The Morgan fingerprint density at radius 1 is 0.600 bits per heavy atom. The highest BCUT2D eigenvalue weighted by molar-refractivity contribution is 5.34. The molecular weight excluding hydrogens is 360 g/mol. The lowest BCUT2D eigenvalue weighted by molar-refractivity contribution is 0.841. The first kappa shape index (κ1) is 22.3. The molecule has 0 aliphatic heterocycles. The van der Waals surface area contributed by atoms with Gasteiger partial charge in [-0.05, 0) is 110 Å². The van der Waals surface area contributed by atoms with Crippen molar-refractivity contribution in [3.8, 4) is 0 Å². The van der Waals surface area contributed by atoms with Gasteiger partial charge in [-0.15, -0.1) is 0 Å². The van der Waals surface area contributed by atoms with Gasteiger partial charge in [0.15, 0.2) is 0 Å². The van der Waals surface area contributed by atoms with Crippen molar-refractivity contribution in [3.05, 3.63) is 105 Å². The molecule has 0 nitrogen and oxygen atoms in total. The van der Waals surface area contributed by atoms with Crippen LogP contribution in [0.2, 0.25) is 0 Å². The Kier molecular flexibility index (Phi) is 8.31. The lowest BCUT2D eigenvalue weighted by Gasteiger charge is -2.01. The molecule has 0 saturated heterocycles. The van der Waals surface area contributed by atoms with Gasteiger partial charge in [0, 0.05) is 0 Å². The van der Waals surface area contributed by atoms with Crippen molar-refractivity contribution < 1.29 is 0 Å². The number of hydrogen-bond acceptors (Lipinski definition) is 0. The first-order chi connectivity index (χ1) is 14.6. The molecule has 30 heavy (non-hydrogen) atoms. The van der Waals surface area contributed by atoms with Gasteiger partial charge in [-0.25, -0.2) is 0 Å². The fourth-order valence-electron chi connectivity index (χ4n) is 4.51. The fraction of sp³-hybridized carbons (Fsp3) is 0.400. The lowest BCUT2D eigenvalue weighted by Crippen LogP contribution is -1.85. The molecule has 0 aromatic heterocycles. The van der Waals surface area contributed by atoms with Crippen molar-refractivity contribution in [1.29, 1.82) is 0 Å². The minimum Gasteiger partial charge on any atom is -0.0651 e. The van der Waals surface area contributed by atoms with E-state index in [-0.39, 0.29) is 0 Å². The quantitative estimate of drug-likeness (QED) is 0.411. The monoisotopic (exact) mass is 398 g/mol. The Balaban J connectivity index is 0.000000128. The lowest BCUT2D eigenvalue weighted by atomic mass is 10.1. The minimum atomic E-state index is 1.21. The number of hydrogen-bond donors (Lipinski definition) is 0. The summed E-state index contributed by atoms with van der Waals surface area (Å²) in [7, 11) is 0. The summed E-state index contributed by atoms with van der Waals surface area (Å²) < 4.78 is 0. The molecule has 0 heterocycles. The van der Waals surface area contributed by atoms with E-state index in [4.69, 9.17) is 0 Å². The summed E-state index contributed by atoms with van der Waals surface area (Å²) in [5, 5.41) is 0. The Labute approximate surface area is 184 Å². The predicted molar refractivity (Wildman–Crippen MR) is 132 cm³/mol. The largest absolute Gasteiger partial charge is 0.0651 e. The summed E-state index contributed by atoms with van der Waals surface area (Å²) in [5.74, 6) is 0. The van der Waals surface area contributed by atoms with Crippen LogP contribution in [0.25, 0.3) is 0 Å². The van der Waals surface area contributed by atoms with Crippen molar-refractivity contribution in [3.63, 3.8) is 0 Å². The second-order valence-corrected chi connectivity index (χ2v) is 8.91. The SMILES string of the molecule is CCCc1ccccc1C.Cc1cc2ccc1CCC2.Cc1cc2ccc1CCC2. The van der Waals surface area contributed by atoms with Crippen LogP contribution < -0.4 is 0 Å². The molecule has 0 spiro atoms. The molecule has 3 aromatic rings. The van der Waals surface area contributed by atoms with Gasteiger partial charge in [-0.1, -0.05) is 74.0 Å². The number of fused-ring (bicyclic) bond motifs is 8. The standard InChI is InChI=1S/2C10H12.C10H14/c2*1-8-7-9-3-2-4-10(8)6-5-9;1-3-6-10-8-5-4-7-9(10)2/h2*5-7H,2-4H2,1H3;4-5,7-8H,3,6H2,1-2H3. The molecule has 0 atom stereocenters. The molecule has 4 bridgehead atoms. The van der Waals surface area contributed by atoms with Crippen molar-refractivity contribution in [2.24, 2.45) is 0 Å². The molecule has 0 fully saturated rings. The van der Waals surface area contributed by atoms with Crippen molar-refractivity contribution in [1.82, 2.24) is 0 Å². The Morgan fingerprint density at radius 3 is 1.60 bits per heavy atom. The van der Waals surface area contributed by atoms with Gasteiger partial charge in [0.05, 0.1) is 0 Å². The van der Waals surface area contributed by atoms with Crippen LogP contribution in [-0.4, -0.2) is 0 Å². The van der Waals surface area contributed by atoms with E-state index in [0.29, 0.717) is 0 Å². The molecule has 0 saturated carbocycles. The highest BCUT2D eigenvalue weighted by atomic mass is 14.1. The summed E-state index contributed by atoms with van der Waals surface area (Å²) in [5.41, 5.74) is 12.0. The van der Waals surface area contributed by atoms with Crippen molar-refractivity contribution >= 4 is 0 Å². The van der Waals surface area contributed by atoms with Crippen LogP contribution in [0.15, 0.2) is 60.7 Å². The van der Waals surface area contributed by atoms with Gasteiger partial charge in [0.2, 0.25) is 0 Å². The molecule has 0 heteroatoms. The topological polar surface area (TPSA) is 0 Å². The normalized spacial score (nSPS) is 13.5. The van der Waals surface area contributed by atoms with Gasteiger partial charge in [-0.2, -0.15) is 0 Å². The van der Waals surface area contributed by atoms with E-state index >= 15 is 0 Å². The van der Waals surface area contributed by atoms with Crippen LogP contribution in [0.1, 0.15) is 70.7 Å². The van der Waals surface area contributed by atoms with Crippen LogP contribution in [0.5, 0.6) is 0 Å². The van der Waals surface area contributed by atoms with Crippen LogP contribution in [0.3, 0.4) is 0 Å². The van der Waals surface area contributed by atoms with E-state index in [1.54, 1.807) is 11.1 Å². The molecule has 158 valence electrons. The molecule has 4 aliphatic carbocycles. The van der Waals surface area contributed by atoms with Crippen LogP contribution in [-0.2, 0) is 32.1 Å². The number of rotatable bonds is 2. The Hall–Kier alpha value is -2.34. The molecular formula is C30H38. The second kappa shape index (κ2) is 11.2. The summed E-state index contributed by atoms with van der Waals surface area (Å²) >= 11 is 0. The first-order valence-corrected chi connectivity index (χ1v) is 11.8. The van der Waals surface area contributed by atoms with Crippen molar-refractivity contribution in [2.75, 3.05) is 0 Å². The Bertz CT molecular complexity index is 893. The van der Waals surface area contributed by atoms with Gasteiger partial charge >= 0.3 is 0 Å². The van der Waals surface area contributed by atoms with Gasteiger partial charge < -0.3 is 0 Å². The van der Waals surface area contributed by atoms with E-state index in [0.717, 1.165) is 0 Å². The number of benzene rings is 3. The van der Waals surface area contributed by atoms with Gasteiger partial charge in [0.1, 0.15) is 0 Å². The number of aryl methyl sites for hydroxylation is 8. The molecule has 0 radical (unpaired) electrons. The third kappa shape index (κ3) is 6.33. The zero-order chi connectivity index (χ0) is 21.3. The molecule has 3 aromatic carbocycles. The van der Waals surface area contributed by atoms with E-state index < -0.39 is 0 Å².